The lowest BCUT2D eigenvalue weighted by Crippen LogP contribution is -1.84. The van der Waals surface area contributed by atoms with E-state index in [1.807, 2.05) is 0 Å². The van der Waals surface area contributed by atoms with E-state index in [9.17, 15) is 4.39 Å². The van der Waals surface area contributed by atoms with E-state index in [2.05, 4.69) is 0 Å². The highest BCUT2D eigenvalue weighted by atomic mass is 19.1. The molecule has 0 radical (unpaired) electrons. The third kappa shape index (κ3) is 2.18. The number of nitrogens with zero attached hydrogens (tertiary/aromatic N) is 2. The molecule has 1 aromatic carbocycles. The van der Waals surface area contributed by atoms with Gasteiger partial charge < -0.3 is 0 Å². The summed E-state index contributed by atoms with van der Waals surface area (Å²) in [4.78, 5) is 0. The van der Waals surface area contributed by atoms with Crippen molar-refractivity contribution in [3.05, 3.63) is 40.7 Å². The van der Waals surface area contributed by atoms with Crippen molar-refractivity contribution in [2.75, 3.05) is 0 Å². The van der Waals surface area contributed by atoms with E-state index in [1.165, 1.54) is 12.1 Å². The molecular weight excluding hydrogens is 179 g/mol. The molecule has 0 fully saturated rings. The van der Waals surface area contributed by atoms with E-state index < -0.39 is 5.82 Å². The molecule has 0 spiro atoms. The van der Waals surface area contributed by atoms with Crippen molar-refractivity contribution >= 4 is 6.08 Å². The summed E-state index contributed by atoms with van der Waals surface area (Å²) in [6.07, 6.45) is 1.23. The largest absolute Gasteiger partial charge is 0.206 e. The number of allylic oxidation sites excluding steroid dienone is 1. The molecule has 14 heavy (non-hydrogen) atoms. The van der Waals surface area contributed by atoms with Crippen molar-refractivity contribution in [3.8, 4) is 12.1 Å². The first-order valence-corrected chi connectivity index (χ1v) is 3.95. The molecule has 0 amide bonds. The minimum atomic E-state index is -0.423. The van der Waals surface area contributed by atoms with Crippen LogP contribution in [0.4, 0.5) is 4.39 Å². The average Bonchev–Trinajstić information content (AvgIpc) is 2.17. The zero-order chi connectivity index (χ0) is 10.6. The van der Waals surface area contributed by atoms with Crippen LogP contribution in [0.3, 0.4) is 0 Å². The number of nitriles is 2. The second-order valence-electron chi connectivity index (χ2n) is 2.81. The summed E-state index contributed by atoms with van der Waals surface area (Å²) in [5.41, 5.74) is 0.955. The summed E-state index contributed by atoms with van der Waals surface area (Å²) in [6.45, 7) is 1.77. The van der Waals surface area contributed by atoms with Crippen LogP contribution in [0.25, 0.3) is 6.08 Å². The van der Waals surface area contributed by atoms with Crippen molar-refractivity contribution in [1.82, 2.24) is 0 Å². The minimum Gasteiger partial charge on any atom is -0.206 e. The average molecular weight is 186 g/mol. The second kappa shape index (κ2) is 4.20. The minimum absolute atomic E-state index is 0.104. The van der Waals surface area contributed by atoms with Crippen LogP contribution in [-0.2, 0) is 0 Å². The van der Waals surface area contributed by atoms with Crippen LogP contribution in [0, 0.1) is 35.4 Å². The third-order valence-electron chi connectivity index (χ3n) is 1.70. The molecule has 1 aromatic rings. The summed E-state index contributed by atoms with van der Waals surface area (Å²) >= 11 is 0. The molecule has 0 aliphatic rings. The van der Waals surface area contributed by atoms with Crippen LogP contribution in [-0.4, -0.2) is 0 Å². The molecule has 0 unspecified atom stereocenters. The van der Waals surface area contributed by atoms with E-state index in [4.69, 9.17) is 10.5 Å². The molecule has 0 aromatic heterocycles. The monoisotopic (exact) mass is 186 g/mol. The van der Waals surface area contributed by atoms with Gasteiger partial charge in [-0.15, -0.1) is 0 Å². The van der Waals surface area contributed by atoms with Crippen LogP contribution >= 0.6 is 0 Å². The first-order chi connectivity index (χ1) is 6.67. The van der Waals surface area contributed by atoms with Gasteiger partial charge in [-0.25, -0.2) is 4.39 Å². The number of rotatable bonds is 1. The highest BCUT2D eigenvalue weighted by Crippen LogP contribution is 2.13. The van der Waals surface area contributed by atoms with Crippen LogP contribution < -0.4 is 0 Å². The SMILES string of the molecule is Cc1ccc(C=C(C#N)C#N)c(F)c1. The van der Waals surface area contributed by atoms with Crippen LogP contribution in [0.1, 0.15) is 11.1 Å². The topological polar surface area (TPSA) is 47.6 Å². The molecule has 3 heteroatoms. The number of hydrogen-bond acceptors (Lipinski definition) is 2. The van der Waals surface area contributed by atoms with Crippen LogP contribution in [0.5, 0.6) is 0 Å². The van der Waals surface area contributed by atoms with Gasteiger partial charge in [0.05, 0.1) is 0 Å². The zero-order valence-corrected chi connectivity index (χ0v) is 7.58. The lowest BCUT2D eigenvalue weighted by atomic mass is 10.1. The van der Waals surface area contributed by atoms with E-state index in [-0.39, 0.29) is 11.1 Å². The molecule has 0 atom stereocenters. The van der Waals surface area contributed by atoms with Crippen molar-refractivity contribution in [2.24, 2.45) is 0 Å². The molecule has 0 heterocycles. The van der Waals surface area contributed by atoms with Gasteiger partial charge in [-0.3, -0.25) is 0 Å². The smallest absolute Gasteiger partial charge is 0.130 e. The van der Waals surface area contributed by atoms with Crippen LogP contribution in [0.2, 0.25) is 0 Å². The zero-order valence-electron chi connectivity index (χ0n) is 7.58. The Morgan fingerprint density at radius 1 is 1.36 bits per heavy atom. The second-order valence-corrected chi connectivity index (χ2v) is 2.81. The van der Waals surface area contributed by atoms with Gasteiger partial charge in [-0.05, 0) is 24.6 Å². The molecule has 0 N–H and O–H groups in total. The molecule has 0 saturated carbocycles. The van der Waals surface area contributed by atoms with Crippen molar-refractivity contribution in [3.63, 3.8) is 0 Å². The molecule has 0 saturated heterocycles. The fourth-order valence-corrected chi connectivity index (χ4v) is 0.994. The molecule has 1 rings (SSSR count). The Hall–Kier alpha value is -2.13. The Balaban J connectivity index is 3.18. The molecular formula is C11H7FN2. The van der Waals surface area contributed by atoms with Gasteiger partial charge in [-0.2, -0.15) is 10.5 Å². The molecule has 68 valence electrons. The predicted octanol–water partition coefficient (Wildman–Crippen LogP) is 2.56. The number of hydrogen-bond donors (Lipinski definition) is 0. The van der Waals surface area contributed by atoms with Gasteiger partial charge in [0.15, 0.2) is 0 Å². The normalized spacial score (nSPS) is 8.57. The molecule has 2 nitrogen and oxygen atoms in total. The van der Waals surface area contributed by atoms with Gasteiger partial charge in [0.2, 0.25) is 0 Å². The van der Waals surface area contributed by atoms with E-state index in [1.54, 1.807) is 31.2 Å². The maximum Gasteiger partial charge on any atom is 0.130 e. The van der Waals surface area contributed by atoms with E-state index >= 15 is 0 Å². The molecule has 0 aliphatic carbocycles. The lowest BCUT2D eigenvalue weighted by Gasteiger charge is -1.97. The Morgan fingerprint density at radius 3 is 2.50 bits per heavy atom. The maximum atomic E-state index is 13.2. The Kier molecular flexibility index (Phi) is 2.99. The summed E-state index contributed by atoms with van der Waals surface area (Å²) in [6, 6.07) is 7.97. The summed E-state index contributed by atoms with van der Waals surface area (Å²) in [5, 5.41) is 16.9. The van der Waals surface area contributed by atoms with E-state index in [0.29, 0.717) is 0 Å². The van der Waals surface area contributed by atoms with Crippen molar-refractivity contribution in [1.29, 1.82) is 10.5 Å². The fourth-order valence-electron chi connectivity index (χ4n) is 0.994. The lowest BCUT2D eigenvalue weighted by molar-refractivity contribution is 0.624. The third-order valence-corrected chi connectivity index (χ3v) is 1.70. The van der Waals surface area contributed by atoms with E-state index in [0.717, 1.165) is 5.56 Å². The summed E-state index contributed by atoms with van der Waals surface area (Å²) < 4.78 is 13.2. The molecule has 0 bridgehead atoms. The highest BCUT2D eigenvalue weighted by Gasteiger charge is 2.00. The van der Waals surface area contributed by atoms with Gasteiger partial charge in [0.25, 0.3) is 0 Å². The Labute approximate surface area is 81.5 Å². The fraction of sp³-hybridized carbons (Fsp3) is 0.0909. The van der Waals surface area contributed by atoms with Gasteiger partial charge in [0, 0.05) is 5.56 Å². The summed E-state index contributed by atoms with van der Waals surface area (Å²) in [7, 11) is 0. The van der Waals surface area contributed by atoms with Crippen molar-refractivity contribution in [2.45, 2.75) is 6.92 Å². The standard InChI is InChI=1S/C11H7FN2/c1-8-2-3-10(11(12)4-8)5-9(6-13)7-14/h2-5H,1H3. The first-order valence-electron chi connectivity index (χ1n) is 3.95. The summed E-state index contributed by atoms with van der Waals surface area (Å²) in [5.74, 6) is -0.423. The highest BCUT2D eigenvalue weighted by molar-refractivity contribution is 5.62. The van der Waals surface area contributed by atoms with Gasteiger partial charge >= 0.3 is 0 Å². The number of benzene rings is 1. The molecule has 0 aliphatic heterocycles. The maximum absolute atomic E-state index is 13.2. The first kappa shape index (κ1) is 9.95. The van der Waals surface area contributed by atoms with Crippen molar-refractivity contribution < 1.29 is 4.39 Å². The quantitative estimate of drug-likeness (QED) is 0.633. The Morgan fingerprint density at radius 2 is 2.00 bits per heavy atom. The van der Waals surface area contributed by atoms with Gasteiger partial charge in [-0.1, -0.05) is 12.1 Å². The predicted molar refractivity (Wildman–Crippen MR) is 50.3 cm³/mol. The van der Waals surface area contributed by atoms with Crippen LogP contribution in [0.15, 0.2) is 23.8 Å². The van der Waals surface area contributed by atoms with Gasteiger partial charge in [0.1, 0.15) is 23.5 Å². The number of aryl methyl sites for hydroxylation is 1. The Bertz CT molecular complexity index is 445. The number of halogens is 1.